The molecule has 1 aromatic rings. The normalized spacial score (nSPS) is 11.2. The third kappa shape index (κ3) is 4.61. The second-order valence-corrected chi connectivity index (χ2v) is 4.31. The summed E-state index contributed by atoms with van der Waals surface area (Å²) >= 11 is 5.63. The highest BCUT2D eigenvalue weighted by Gasteiger charge is 2.34. The summed E-state index contributed by atoms with van der Waals surface area (Å²) in [6, 6.07) is 3.51. The number of halogens is 4. The first kappa shape index (κ1) is 16.1. The van der Waals surface area contributed by atoms with Gasteiger partial charge in [-0.3, -0.25) is 9.59 Å². The van der Waals surface area contributed by atoms with Crippen molar-refractivity contribution in [2.24, 2.45) is 0 Å². The van der Waals surface area contributed by atoms with Gasteiger partial charge >= 0.3 is 12.1 Å². The Hall–Kier alpha value is -1.96. The predicted molar refractivity (Wildman–Crippen MR) is 65.5 cm³/mol. The zero-order valence-corrected chi connectivity index (χ0v) is 10.7. The van der Waals surface area contributed by atoms with E-state index < -0.39 is 31.1 Å². The van der Waals surface area contributed by atoms with Crippen LogP contribution in [0.15, 0.2) is 18.2 Å². The number of hydrogen-bond donors (Lipinski definition) is 2. The van der Waals surface area contributed by atoms with Gasteiger partial charge in [-0.1, -0.05) is 11.6 Å². The highest BCUT2D eigenvalue weighted by molar-refractivity contribution is 6.33. The van der Waals surface area contributed by atoms with Gasteiger partial charge in [0.1, 0.15) is 13.1 Å². The van der Waals surface area contributed by atoms with E-state index in [9.17, 15) is 22.8 Å². The van der Waals surface area contributed by atoms with Crippen molar-refractivity contribution in [2.75, 3.05) is 18.8 Å². The van der Waals surface area contributed by atoms with Gasteiger partial charge in [-0.25, -0.2) is 0 Å². The average Bonchev–Trinajstić information content (AvgIpc) is 2.28. The molecule has 0 aromatic heterocycles. The fraction of sp³-hybridized carbons (Fsp3) is 0.273. The highest BCUT2D eigenvalue weighted by atomic mass is 35.5. The molecule has 0 unspecified atom stereocenters. The van der Waals surface area contributed by atoms with Crippen molar-refractivity contribution in [1.29, 1.82) is 0 Å². The van der Waals surface area contributed by atoms with E-state index in [1.807, 2.05) is 0 Å². The molecule has 0 heterocycles. The van der Waals surface area contributed by atoms with Crippen LogP contribution in [0.3, 0.4) is 0 Å². The lowest BCUT2D eigenvalue weighted by Crippen LogP contribution is -2.42. The zero-order chi connectivity index (χ0) is 15.5. The summed E-state index contributed by atoms with van der Waals surface area (Å²) in [5, 5.41) is 8.71. The smallest absolute Gasteiger partial charge is 0.406 e. The summed E-state index contributed by atoms with van der Waals surface area (Å²) in [7, 11) is 0. The molecular formula is C11H10ClF3N2O3. The molecule has 9 heteroatoms. The molecule has 0 spiro atoms. The van der Waals surface area contributed by atoms with Crippen LogP contribution >= 0.6 is 11.6 Å². The number of carboxylic acid groups (broad SMARTS) is 1. The molecule has 0 atom stereocenters. The predicted octanol–water partition coefficient (Wildman–Crippen LogP) is 2.01. The Labute approximate surface area is 116 Å². The minimum Gasteiger partial charge on any atom is -0.480 e. The van der Waals surface area contributed by atoms with Crippen LogP contribution < -0.4 is 5.73 Å². The Morgan fingerprint density at radius 1 is 1.35 bits per heavy atom. The van der Waals surface area contributed by atoms with Crippen LogP contribution in [-0.2, 0) is 4.79 Å². The number of nitrogens with two attached hydrogens (primary N) is 1. The van der Waals surface area contributed by atoms with E-state index >= 15 is 0 Å². The summed E-state index contributed by atoms with van der Waals surface area (Å²) in [6.45, 7) is -2.73. The molecule has 0 aliphatic carbocycles. The van der Waals surface area contributed by atoms with Crippen molar-refractivity contribution in [1.82, 2.24) is 4.90 Å². The van der Waals surface area contributed by atoms with Gasteiger partial charge in [-0.2, -0.15) is 13.2 Å². The maximum atomic E-state index is 12.3. The molecule has 0 radical (unpaired) electrons. The Bertz CT molecular complexity index is 534. The lowest BCUT2D eigenvalue weighted by atomic mass is 10.1. The number of nitrogens with zero attached hydrogens (tertiary/aromatic N) is 1. The maximum absolute atomic E-state index is 12.3. The third-order valence-corrected chi connectivity index (χ3v) is 2.57. The quantitative estimate of drug-likeness (QED) is 0.833. The summed E-state index contributed by atoms with van der Waals surface area (Å²) in [5.41, 5.74) is 5.29. The Balaban J connectivity index is 3.02. The molecule has 0 aliphatic heterocycles. The second kappa shape index (κ2) is 6.00. The topological polar surface area (TPSA) is 83.6 Å². The first-order chi connectivity index (χ1) is 9.10. The van der Waals surface area contributed by atoms with Gasteiger partial charge in [-0.05, 0) is 18.2 Å². The second-order valence-electron chi connectivity index (χ2n) is 3.91. The van der Waals surface area contributed by atoms with Crippen LogP contribution in [0.1, 0.15) is 10.4 Å². The lowest BCUT2D eigenvalue weighted by molar-refractivity contribution is -0.149. The van der Waals surface area contributed by atoms with Crippen LogP contribution in [0.5, 0.6) is 0 Å². The van der Waals surface area contributed by atoms with E-state index in [2.05, 4.69) is 0 Å². The zero-order valence-electron chi connectivity index (χ0n) is 9.95. The number of nitrogen functional groups attached to an aromatic ring is 1. The third-order valence-electron chi connectivity index (χ3n) is 2.23. The number of carbonyl (C=O) groups excluding carboxylic acids is 1. The van der Waals surface area contributed by atoms with Gasteiger partial charge in [0.25, 0.3) is 5.91 Å². The number of anilines is 1. The van der Waals surface area contributed by atoms with Crippen molar-refractivity contribution in [3.05, 3.63) is 28.8 Å². The molecule has 3 N–H and O–H groups in total. The highest BCUT2D eigenvalue weighted by Crippen LogP contribution is 2.22. The molecule has 1 rings (SSSR count). The minimum atomic E-state index is -4.71. The first-order valence-corrected chi connectivity index (χ1v) is 5.61. The molecule has 1 amide bonds. The van der Waals surface area contributed by atoms with E-state index in [4.69, 9.17) is 22.4 Å². The fourth-order valence-electron chi connectivity index (χ4n) is 1.44. The Morgan fingerprint density at radius 2 is 1.95 bits per heavy atom. The number of benzene rings is 1. The molecule has 110 valence electrons. The monoisotopic (exact) mass is 310 g/mol. The molecule has 0 fully saturated rings. The largest absolute Gasteiger partial charge is 0.480 e. The average molecular weight is 311 g/mol. The first-order valence-electron chi connectivity index (χ1n) is 5.23. The summed E-state index contributed by atoms with van der Waals surface area (Å²) in [5.74, 6) is -2.64. The molecule has 20 heavy (non-hydrogen) atoms. The Kier molecular flexibility index (Phi) is 4.83. The number of carbonyl (C=O) groups is 2. The summed E-state index contributed by atoms with van der Waals surface area (Å²) < 4.78 is 37.0. The molecule has 1 aromatic carbocycles. The van der Waals surface area contributed by atoms with Gasteiger partial charge in [0.05, 0.1) is 10.7 Å². The standard InChI is InChI=1S/C11H10ClF3N2O3/c12-7-2-1-6(3-8(7)16)10(20)17(4-9(18)19)5-11(13,14)15/h1-3H,4-5,16H2,(H,18,19). The van der Waals surface area contributed by atoms with Crippen LogP contribution in [0.25, 0.3) is 0 Å². The van der Waals surface area contributed by atoms with Crippen molar-refractivity contribution < 1.29 is 27.9 Å². The minimum absolute atomic E-state index is 0.0137. The van der Waals surface area contributed by atoms with Crippen LogP contribution in [0.4, 0.5) is 18.9 Å². The lowest BCUT2D eigenvalue weighted by Gasteiger charge is -2.22. The molecule has 0 saturated carbocycles. The molecule has 0 aliphatic rings. The SMILES string of the molecule is Nc1cc(C(=O)N(CC(=O)O)CC(F)(F)F)ccc1Cl. The van der Waals surface area contributed by atoms with Crippen molar-refractivity contribution >= 4 is 29.2 Å². The number of aliphatic carboxylic acids is 1. The number of carboxylic acids is 1. The van der Waals surface area contributed by atoms with E-state index in [1.165, 1.54) is 12.1 Å². The van der Waals surface area contributed by atoms with Crippen LogP contribution in [-0.4, -0.2) is 41.1 Å². The van der Waals surface area contributed by atoms with Gasteiger partial charge in [-0.15, -0.1) is 0 Å². The number of rotatable bonds is 4. The van der Waals surface area contributed by atoms with Gasteiger partial charge in [0.2, 0.25) is 0 Å². The van der Waals surface area contributed by atoms with Crippen molar-refractivity contribution in [3.8, 4) is 0 Å². The van der Waals surface area contributed by atoms with E-state index in [0.29, 0.717) is 0 Å². The number of alkyl halides is 3. The number of hydrogen-bond acceptors (Lipinski definition) is 3. The molecule has 5 nitrogen and oxygen atoms in total. The van der Waals surface area contributed by atoms with E-state index in [1.54, 1.807) is 0 Å². The Morgan fingerprint density at radius 3 is 2.40 bits per heavy atom. The molecular weight excluding hydrogens is 301 g/mol. The van der Waals surface area contributed by atoms with Crippen LogP contribution in [0, 0.1) is 0 Å². The molecule has 0 bridgehead atoms. The fourth-order valence-corrected chi connectivity index (χ4v) is 1.56. The van der Waals surface area contributed by atoms with Gasteiger partial charge in [0.15, 0.2) is 0 Å². The van der Waals surface area contributed by atoms with Gasteiger partial charge < -0.3 is 15.7 Å². The summed E-state index contributed by atoms with van der Waals surface area (Å²) in [4.78, 5) is 22.6. The van der Waals surface area contributed by atoms with E-state index in [0.717, 1.165) is 6.07 Å². The van der Waals surface area contributed by atoms with Crippen molar-refractivity contribution in [2.45, 2.75) is 6.18 Å². The summed E-state index contributed by atoms with van der Waals surface area (Å²) in [6.07, 6.45) is -4.71. The number of amides is 1. The van der Waals surface area contributed by atoms with E-state index in [-0.39, 0.29) is 21.2 Å². The van der Waals surface area contributed by atoms with Crippen molar-refractivity contribution in [3.63, 3.8) is 0 Å². The van der Waals surface area contributed by atoms with Gasteiger partial charge in [0, 0.05) is 5.56 Å². The van der Waals surface area contributed by atoms with Crippen LogP contribution in [0.2, 0.25) is 5.02 Å². The maximum Gasteiger partial charge on any atom is 0.406 e. The molecule has 0 saturated heterocycles.